The molecule has 0 saturated carbocycles. The first-order chi connectivity index (χ1) is 12.1. The molecule has 3 N–H and O–H groups in total. The van der Waals surface area contributed by atoms with Crippen molar-refractivity contribution in [1.82, 2.24) is 5.32 Å². The van der Waals surface area contributed by atoms with Crippen LogP contribution in [0.25, 0.3) is 0 Å². The van der Waals surface area contributed by atoms with Gasteiger partial charge in [0.15, 0.2) is 0 Å². The predicted molar refractivity (Wildman–Crippen MR) is 107 cm³/mol. The van der Waals surface area contributed by atoms with Crippen LogP contribution in [0.3, 0.4) is 0 Å². The van der Waals surface area contributed by atoms with Crippen LogP contribution in [0.4, 0.5) is 0 Å². The fourth-order valence-electron chi connectivity index (χ4n) is 4.31. The number of aliphatic hydroxyl groups is 2. The Morgan fingerprint density at radius 1 is 1.24 bits per heavy atom. The first-order valence-corrected chi connectivity index (χ1v) is 11.1. The summed E-state index contributed by atoms with van der Waals surface area (Å²) in [6.07, 6.45) is 6.22. The Bertz CT molecular complexity index is 526. The molecule has 0 aromatic heterocycles. The second kappa shape index (κ2) is 9.23. The van der Waals surface area contributed by atoms with Crippen LogP contribution in [0, 0.1) is 11.8 Å². The normalized spacial score (nSPS) is 33.5. The van der Waals surface area contributed by atoms with E-state index in [-0.39, 0.29) is 24.6 Å². The maximum absolute atomic E-state index is 9.29. The van der Waals surface area contributed by atoms with Gasteiger partial charge in [-0.05, 0) is 51.0 Å². The molecule has 0 saturated heterocycles. The molecular weight excluding hydrogens is 356 g/mol. The van der Waals surface area contributed by atoms with Crippen molar-refractivity contribution in [2.45, 2.75) is 62.9 Å². The van der Waals surface area contributed by atoms with E-state index in [0.717, 1.165) is 50.8 Å². The average Bonchev–Trinajstić information content (AvgIpc) is 3.24. The minimum absolute atomic E-state index is 0.104. The summed E-state index contributed by atoms with van der Waals surface area (Å²) in [4.78, 5) is 4.71. The van der Waals surface area contributed by atoms with Gasteiger partial charge in [-0.2, -0.15) is 0 Å². The summed E-state index contributed by atoms with van der Waals surface area (Å²) in [6.45, 7) is 3.51. The first-order valence-electron chi connectivity index (χ1n) is 9.64. The summed E-state index contributed by atoms with van der Waals surface area (Å²) in [5, 5.41) is 23.5. The Kier molecular flexibility index (Phi) is 7.26. The molecular formula is C19H31ClN2O2S. The van der Waals surface area contributed by atoms with Gasteiger partial charge < -0.3 is 15.5 Å². The number of hydrogen-bond donors (Lipinski definition) is 3. The van der Waals surface area contributed by atoms with E-state index in [0.29, 0.717) is 17.9 Å². The highest BCUT2D eigenvalue weighted by molar-refractivity contribution is 8.14. The van der Waals surface area contributed by atoms with E-state index in [1.54, 1.807) is 11.1 Å². The summed E-state index contributed by atoms with van der Waals surface area (Å²) >= 11 is 8.55. The third kappa shape index (κ3) is 4.81. The lowest BCUT2D eigenvalue weighted by Gasteiger charge is -2.30. The number of nitrogens with zero attached hydrogens (tertiary/aromatic N) is 1. The van der Waals surface area contributed by atoms with Gasteiger partial charge in [0.05, 0.1) is 17.7 Å². The number of rotatable bonds is 8. The molecule has 1 heterocycles. The third-order valence-corrected chi connectivity index (χ3v) is 7.68. The van der Waals surface area contributed by atoms with Gasteiger partial charge in [-0.15, -0.1) is 23.4 Å². The van der Waals surface area contributed by atoms with Gasteiger partial charge >= 0.3 is 0 Å². The van der Waals surface area contributed by atoms with Crippen LogP contribution in [0.15, 0.2) is 16.1 Å². The summed E-state index contributed by atoms with van der Waals surface area (Å²) in [5.41, 5.74) is 3.18. The summed E-state index contributed by atoms with van der Waals surface area (Å²) < 4.78 is 0. The number of nitrogens with one attached hydrogen (secondary N) is 1. The Labute approximate surface area is 160 Å². The van der Waals surface area contributed by atoms with Crippen molar-refractivity contribution in [2.75, 3.05) is 25.5 Å². The lowest BCUT2D eigenvalue weighted by atomic mass is 9.84. The molecule has 142 valence electrons. The topological polar surface area (TPSA) is 64.8 Å². The van der Waals surface area contributed by atoms with Gasteiger partial charge in [0.1, 0.15) is 0 Å². The number of aliphatic imine (C=N–C) groups is 1. The summed E-state index contributed by atoms with van der Waals surface area (Å²) in [7, 11) is 0. The van der Waals surface area contributed by atoms with E-state index < -0.39 is 0 Å². The van der Waals surface area contributed by atoms with Gasteiger partial charge in [0.25, 0.3) is 0 Å². The van der Waals surface area contributed by atoms with E-state index in [1.807, 2.05) is 11.8 Å². The van der Waals surface area contributed by atoms with E-state index in [1.165, 1.54) is 5.04 Å². The largest absolute Gasteiger partial charge is 0.396 e. The SMILES string of the molecule is CC[C@@H](CCO)NC[C@@H]1CC2=C(CC1Cl)C[C@H](C1=N[C@@H](CO)CS1)C2. The monoisotopic (exact) mass is 386 g/mol. The Morgan fingerprint density at radius 3 is 2.64 bits per heavy atom. The molecule has 0 spiro atoms. The Morgan fingerprint density at radius 2 is 2.00 bits per heavy atom. The molecule has 0 aromatic carbocycles. The fraction of sp³-hybridized carbons (Fsp3) is 0.842. The summed E-state index contributed by atoms with van der Waals surface area (Å²) in [6, 6.07) is 0.494. The van der Waals surface area contributed by atoms with E-state index in [9.17, 15) is 5.11 Å². The van der Waals surface area contributed by atoms with Crippen LogP contribution in [-0.4, -0.2) is 58.2 Å². The fourth-order valence-corrected chi connectivity index (χ4v) is 5.84. The zero-order valence-corrected chi connectivity index (χ0v) is 16.7. The molecule has 4 nitrogen and oxygen atoms in total. The minimum Gasteiger partial charge on any atom is -0.396 e. The smallest absolute Gasteiger partial charge is 0.0833 e. The van der Waals surface area contributed by atoms with Crippen LogP contribution in [-0.2, 0) is 0 Å². The van der Waals surface area contributed by atoms with Crippen molar-refractivity contribution in [3.63, 3.8) is 0 Å². The molecule has 0 aromatic rings. The van der Waals surface area contributed by atoms with Gasteiger partial charge in [-0.3, -0.25) is 4.99 Å². The van der Waals surface area contributed by atoms with Crippen LogP contribution < -0.4 is 5.32 Å². The van der Waals surface area contributed by atoms with Gasteiger partial charge in [0, 0.05) is 29.7 Å². The molecule has 0 radical (unpaired) electrons. The molecule has 3 aliphatic rings. The van der Waals surface area contributed by atoms with Crippen LogP contribution in [0.5, 0.6) is 0 Å². The zero-order valence-electron chi connectivity index (χ0n) is 15.1. The quantitative estimate of drug-likeness (QED) is 0.443. The molecule has 3 rings (SSSR count). The predicted octanol–water partition coefficient (Wildman–Crippen LogP) is 2.97. The van der Waals surface area contributed by atoms with Crippen molar-refractivity contribution < 1.29 is 10.2 Å². The molecule has 6 heteroatoms. The molecule has 1 aliphatic heterocycles. The Balaban J connectivity index is 1.54. The van der Waals surface area contributed by atoms with E-state index in [2.05, 4.69) is 12.2 Å². The van der Waals surface area contributed by atoms with Crippen molar-refractivity contribution >= 4 is 28.4 Å². The third-order valence-electron chi connectivity index (χ3n) is 5.88. The van der Waals surface area contributed by atoms with Crippen molar-refractivity contribution in [3.05, 3.63) is 11.1 Å². The van der Waals surface area contributed by atoms with Crippen molar-refractivity contribution in [2.24, 2.45) is 16.8 Å². The number of thioether (sulfide) groups is 1. The molecule has 0 fully saturated rings. The molecule has 5 atom stereocenters. The zero-order chi connectivity index (χ0) is 17.8. The van der Waals surface area contributed by atoms with Crippen LogP contribution >= 0.6 is 23.4 Å². The van der Waals surface area contributed by atoms with Crippen LogP contribution in [0.1, 0.15) is 45.4 Å². The van der Waals surface area contributed by atoms with Crippen molar-refractivity contribution in [1.29, 1.82) is 0 Å². The average molecular weight is 387 g/mol. The van der Waals surface area contributed by atoms with Gasteiger partial charge in [-0.25, -0.2) is 0 Å². The van der Waals surface area contributed by atoms with Crippen molar-refractivity contribution in [3.8, 4) is 0 Å². The second-order valence-corrected chi connectivity index (χ2v) is 9.24. The number of aliphatic hydroxyl groups excluding tert-OH is 2. The highest BCUT2D eigenvalue weighted by Gasteiger charge is 2.37. The molecule has 1 unspecified atom stereocenters. The van der Waals surface area contributed by atoms with Gasteiger partial charge in [0.2, 0.25) is 0 Å². The minimum atomic E-state index is 0.104. The van der Waals surface area contributed by atoms with E-state index >= 15 is 0 Å². The number of allylic oxidation sites excluding steroid dienone is 2. The molecule has 0 amide bonds. The highest BCUT2D eigenvalue weighted by atomic mass is 35.5. The maximum Gasteiger partial charge on any atom is 0.0833 e. The number of hydrogen-bond acceptors (Lipinski definition) is 5. The lowest BCUT2D eigenvalue weighted by molar-refractivity contribution is 0.257. The molecule has 25 heavy (non-hydrogen) atoms. The first kappa shape index (κ1) is 19.7. The number of alkyl halides is 1. The molecule has 2 aliphatic carbocycles. The lowest BCUT2D eigenvalue weighted by Crippen LogP contribution is -2.37. The second-order valence-electron chi connectivity index (χ2n) is 7.64. The standard InChI is InChI=1S/C19H31ClN2O2S/c1-2-16(3-4-23)21-9-15-7-12-5-14(6-13(12)8-18(15)20)19-22-17(10-24)11-25-19/h14-18,21,23-24H,2-11H2,1H3/t14-,15+,16+,17+,18?/m1/s1. The Hall–Kier alpha value is -0.0700. The maximum atomic E-state index is 9.29. The number of halogens is 1. The highest BCUT2D eigenvalue weighted by Crippen LogP contribution is 2.46. The summed E-state index contributed by atoms with van der Waals surface area (Å²) in [5.74, 6) is 1.94. The molecule has 0 bridgehead atoms. The van der Waals surface area contributed by atoms with Gasteiger partial charge in [-0.1, -0.05) is 18.1 Å². The van der Waals surface area contributed by atoms with Crippen LogP contribution in [0.2, 0.25) is 0 Å². The van der Waals surface area contributed by atoms with E-state index in [4.69, 9.17) is 21.7 Å².